The summed E-state index contributed by atoms with van der Waals surface area (Å²) in [7, 11) is 0. The molecule has 2 rings (SSSR count). The first-order valence-corrected chi connectivity index (χ1v) is 6.28. The molecule has 0 atom stereocenters. The van der Waals surface area contributed by atoms with Gasteiger partial charge >= 0.3 is 0 Å². The molecule has 0 aromatic heterocycles. The van der Waals surface area contributed by atoms with Crippen LogP contribution in [0.15, 0.2) is 0 Å². The van der Waals surface area contributed by atoms with Crippen molar-refractivity contribution in [3.63, 3.8) is 0 Å². The van der Waals surface area contributed by atoms with E-state index in [4.69, 9.17) is 10.8 Å². The number of aliphatic hydroxyl groups is 1. The zero-order valence-corrected chi connectivity index (χ0v) is 9.80. The molecule has 0 spiro atoms. The van der Waals surface area contributed by atoms with Gasteiger partial charge in [0.25, 0.3) is 0 Å². The summed E-state index contributed by atoms with van der Waals surface area (Å²) in [5.41, 5.74) is 5.62. The molecule has 4 N–H and O–H groups in total. The van der Waals surface area contributed by atoms with E-state index in [1.54, 1.807) is 0 Å². The van der Waals surface area contributed by atoms with Gasteiger partial charge in [-0.25, -0.2) is 0 Å². The first-order valence-electron chi connectivity index (χ1n) is 6.28. The molecule has 2 fully saturated rings. The summed E-state index contributed by atoms with van der Waals surface area (Å²) in [4.78, 5) is 11.8. The summed E-state index contributed by atoms with van der Waals surface area (Å²) >= 11 is 0. The number of hydrogen-bond donors (Lipinski definition) is 3. The minimum atomic E-state index is -0.303. The summed E-state index contributed by atoms with van der Waals surface area (Å²) in [6.07, 6.45) is 7.61. The smallest absolute Gasteiger partial charge is 0.222 e. The van der Waals surface area contributed by atoms with Crippen LogP contribution in [-0.4, -0.2) is 28.7 Å². The predicted octanol–water partition coefficient (Wildman–Crippen LogP) is 0.679. The van der Waals surface area contributed by atoms with Crippen LogP contribution in [-0.2, 0) is 4.79 Å². The van der Waals surface area contributed by atoms with Crippen LogP contribution in [0.2, 0.25) is 0 Å². The number of nitrogens with two attached hydrogens (primary N) is 1. The summed E-state index contributed by atoms with van der Waals surface area (Å²) in [5.74, 6) is 0.0101. The Kier molecular flexibility index (Phi) is 3.22. The average Bonchev–Trinajstić information content (AvgIpc) is 2.98. The summed E-state index contributed by atoms with van der Waals surface area (Å²) in [5, 5.41) is 12.1. The molecule has 0 saturated heterocycles. The van der Waals surface area contributed by atoms with Crippen molar-refractivity contribution in [1.29, 1.82) is 0 Å². The largest absolute Gasteiger partial charge is 0.394 e. The molecule has 0 aliphatic heterocycles. The second-order valence-corrected chi connectivity index (χ2v) is 5.59. The van der Waals surface area contributed by atoms with Crippen molar-refractivity contribution in [1.82, 2.24) is 5.32 Å². The van der Waals surface area contributed by atoms with E-state index >= 15 is 0 Å². The van der Waals surface area contributed by atoms with Gasteiger partial charge in [0.2, 0.25) is 5.91 Å². The van der Waals surface area contributed by atoms with Crippen molar-refractivity contribution in [2.24, 2.45) is 5.73 Å². The average molecular weight is 226 g/mol. The van der Waals surface area contributed by atoms with Gasteiger partial charge in [0.1, 0.15) is 0 Å². The molecule has 1 amide bonds. The van der Waals surface area contributed by atoms with E-state index in [1.807, 2.05) is 0 Å². The van der Waals surface area contributed by atoms with Crippen LogP contribution < -0.4 is 11.1 Å². The third-order valence-corrected chi connectivity index (χ3v) is 3.92. The summed E-state index contributed by atoms with van der Waals surface area (Å²) in [6, 6.07) is 0. The molecule has 2 aliphatic rings. The van der Waals surface area contributed by atoms with E-state index in [1.165, 1.54) is 6.42 Å². The molecule has 2 aliphatic carbocycles. The number of carbonyl (C=O) groups is 1. The van der Waals surface area contributed by atoms with Crippen molar-refractivity contribution in [3.8, 4) is 0 Å². The van der Waals surface area contributed by atoms with Crippen molar-refractivity contribution >= 4 is 5.91 Å². The highest BCUT2D eigenvalue weighted by molar-refractivity contribution is 5.78. The maximum absolute atomic E-state index is 11.8. The molecule has 0 unspecified atom stereocenters. The number of aliphatic hydroxyl groups excluding tert-OH is 1. The zero-order chi connectivity index (χ0) is 11.6. The molecule has 4 heteroatoms. The highest BCUT2D eigenvalue weighted by Gasteiger charge is 2.44. The van der Waals surface area contributed by atoms with Gasteiger partial charge in [-0.15, -0.1) is 0 Å². The Morgan fingerprint density at radius 3 is 2.31 bits per heavy atom. The highest BCUT2D eigenvalue weighted by Crippen LogP contribution is 2.35. The van der Waals surface area contributed by atoms with Gasteiger partial charge in [-0.1, -0.05) is 19.3 Å². The molecule has 0 aromatic rings. The monoisotopic (exact) mass is 226 g/mol. The minimum Gasteiger partial charge on any atom is -0.394 e. The van der Waals surface area contributed by atoms with Crippen molar-refractivity contribution in [3.05, 3.63) is 0 Å². The molecule has 4 nitrogen and oxygen atoms in total. The Hall–Kier alpha value is -0.610. The third-order valence-electron chi connectivity index (χ3n) is 3.92. The normalized spacial score (nSPS) is 26.1. The van der Waals surface area contributed by atoms with Gasteiger partial charge in [-0.2, -0.15) is 0 Å². The molecule has 0 aromatic carbocycles. The fourth-order valence-corrected chi connectivity index (χ4v) is 2.57. The van der Waals surface area contributed by atoms with Crippen LogP contribution in [0.3, 0.4) is 0 Å². The maximum atomic E-state index is 11.8. The number of carbonyl (C=O) groups excluding carboxylic acids is 1. The Balaban J connectivity index is 1.82. The number of nitrogens with one attached hydrogen (secondary N) is 1. The van der Waals surface area contributed by atoms with Gasteiger partial charge in [-0.05, 0) is 25.7 Å². The van der Waals surface area contributed by atoms with Crippen LogP contribution in [0.1, 0.15) is 51.4 Å². The van der Waals surface area contributed by atoms with Gasteiger partial charge in [0, 0.05) is 12.0 Å². The first kappa shape index (κ1) is 11.9. The second kappa shape index (κ2) is 4.34. The van der Waals surface area contributed by atoms with Crippen molar-refractivity contribution in [2.75, 3.05) is 6.61 Å². The predicted molar refractivity (Wildman–Crippen MR) is 61.8 cm³/mol. The lowest BCUT2D eigenvalue weighted by molar-refractivity contribution is -0.123. The topological polar surface area (TPSA) is 75.4 Å². The van der Waals surface area contributed by atoms with E-state index in [9.17, 15) is 4.79 Å². The maximum Gasteiger partial charge on any atom is 0.222 e. The Labute approximate surface area is 96.6 Å². The van der Waals surface area contributed by atoms with Crippen molar-refractivity contribution < 1.29 is 9.90 Å². The van der Waals surface area contributed by atoms with E-state index < -0.39 is 0 Å². The fraction of sp³-hybridized carbons (Fsp3) is 0.917. The van der Waals surface area contributed by atoms with Gasteiger partial charge in [-0.3, -0.25) is 4.79 Å². The summed E-state index contributed by atoms with van der Waals surface area (Å²) in [6.45, 7) is 0.0519. The quantitative estimate of drug-likeness (QED) is 0.660. The van der Waals surface area contributed by atoms with Gasteiger partial charge in [0.05, 0.1) is 12.1 Å². The zero-order valence-electron chi connectivity index (χ0n) is 9.80. The lowest BCUT2D eigenvalue weighted by Gasteiger charge is -2.33. The number of hydrogen-bond acceptors (Lipinski definition) is 3. The van der Waals surface area contributed by atoms with E-state index in [2.05, 4.69) is 5.32 Å². The molecule has 0 heterocycles. The highest BCUT2D eigenvalue weighted by atomic mass is 16.3. The van der Waals surface area contributed by atoms with Crippen LogP contribution in [0.4, 0.5) is 0 Å². The lowest BCUT2D eigenvalue weighted by Crippen LogP contribution is -2.49. The molecule has 0 bridgehead atoms. The molecular weight excluding hydrogens is 204 g/mol. The molecule has 0 radical (unpaired) electrons. The molecule has 16 heavy (non-hydrogen) atoms. The third kappa shape index (κ3) is 2.74. The SMILES string of the molecule is NC1(CC(=O)NC2(CO)CC2)CCCCC1. The second-order valence-electron chi connectivity index (χ2n) is 5.59. The standard InChI is InChI=1S/C12H22N2O2/c13-11(4-2-1-3-5-11)8-10(16)14-12(9-15)6-7-12/h15H,1-9,13H2,(H,14,16). The number of rotatable bonds is 4. The Morgan fingerprint density at radius 1 is 1.19 bits per heavy atom. The Bertz CT molecular complexity index is 268. The van der Waals surface area contributed by atoms with Crippen LogP contribution in [0.25, 0.3) is 0 Å². The van der Waals surface area contributed by atoms with Crippen molar-refractivity contribution in [2.45, 2.75) is 62.4 Å². The van der Waals surface area contributed by atoms with Crippen LogP contribution in [0.5, 0.6) is 0 Å². The Morgan fingerprint density at radius 2 is 1.81 bits per heavy atom. The van der Waals surface area contributed by atoms with E-state index in [0.29, 0.717) is 6.42 Å². The summed E-state index contributed by atoms with van der Waals surface area (Å²) < 4.78 is 0. The van der Waals surface area contributed by atoms with Gasteiger partial charge < -0.3 is 16.2 Å². The first-order chi connectivity index (χ1) is 7.58. The van der Waals surface area contributed by atoms with Crippen LogP contribution >= 0.6 is 0 Å². The fourth-order valence-electron chi connectivity index (χ4n) is 2.57. The lowest BCUT2D eigenvalue weighted by atomic mass is 9.80. The van der Waals surface area contributed by atoms with E-state index in [0.717, 1.165) is 38.5 Å². The number of amides is 1. The molecule has 92 valence electrons. The minimum absolute atomic E-state index is 0.0101. The van der Waals surface area contributed by atoms with Gasteiger partial charge in [0.15, 0.2) is 0 Å². The molecule has 2 saturated carbocycles. The van der Waals surface area contributed by atoms with Crippen LogP contribution in [0, 0.1) is 0 Å². The molecular formula is C12H22N2O2. The van der Waals surface area contributed by atoms with E-state index in [-0.39, 0.29) is 23.6 Å².